The lowest BCUT2D eigenvalue weighted by Gasteiger charge is -2.12. The molecule has 110 valence electrons. The van der Waals surface area contributed by atoms with Crippen molar-refractivity contribution in [3.63, 3.8) is 0 Å². The molecule has 6 nitrogen and oxygen atoms in total. The van der Waals surface area contributed by atoms with E-state index in [4.69, 9.17) is 5.11 Å². The van der Waals surface area contributed by atoms with Crippen molar-refractivity contribution < 1.29 is 19.5 Å². The second kappa shape index (κ2) is 6.88. The van der Waals surface area contributed by atoms with Gasteiger partial charge in [0.05, 0.1) is 5.92 Å². The minimum Gasteiger partial charge on any atom is -0.481 e. The van der Waals surface area contributed by atoms with Crippen molar-refractivity contribution in [1.82, 2.24) is 9.88 Å². The van der Waals surface area contributed by atoms with Crippen LogP contribution in [-0.2, 0) is 11.8 Å². The summed E-state index contributed by atoms with van der Waals surface area (Å²) in [6, 6.07) is 1.51. The predicted octanol–water partition coefficient (Wildman–Crippen LogP) is 1.46. The van der Waals surface area contributed by atoms with Crippen molar-refractivity contribution in [2.75, 3.05) is 6.54 Å². The third kappa shape index (κ3) is 3.94. The predicted molar refractivity (Wildman–Crippen MR) is 73.8 cm³/mol. The van der Waals surface area contributed by atoms with E-state index in [2.05, 4.69) is 5.32 Å². The van der Waals surface area contributed by atoms with E-state index < -0.39 is 11.9 Å². The molecule has 2 N–H and O–H groups in total. The van der Waals surface area contributed by atoms with E-state index in [0.29, 0.717) is 17.7 Å². The van der Waals surface area contributed by atoms with Crippen LogP contribution in [0.1, 0.15) is 47.5 Å². The highest BCUT2D eigenvalue weighted by atomic mass is 16.4. The van der Waals surface area contributed by atoms with Crippen molar-refractivity contribution in [2.24, 2.45) is 13.0 Å². The monoisotopic (exact) mass is 280 g/mol. The van der Waals surface area contributed by atoms with Crippen LogP contribution in [0.25, 0.3) is 0 Å². The first-order valence-corrected chi connectivity index (χ1v) is 6.55. The minimum atomic E-state index is -0.913. The number of nitrogens with one attached hydrogen (secondary N) is 1. The van der Waals surface area contributed by atoms with Gasteiger partial charge in [0.1, 0.15) is 5.69 Å². The van der Waals surface area contributed by atoms with E-state index >= 15 is 0 Å². The molecule has 0 fully saturated rings. The number of hydrogen-bond acceptors (Lipinski definition) is 3. The molecule has 1 aromatic heterocycles. The number of carbonyl (C=O) groups is 3. The molecular formula is C14H20N2O4. The number of hydrogen-bond donors (Lipinski definition) is 2. The third-order valence-corrected chi connectivity index (χ3v) is 3.14. The van der Waals surface area contributed by atoms with Gasteiger partial charge in [-0.05, 0) is 19.4 Å². The van der Waals surface area contributed by atoms with Crippen LogP contribution >= 0.6 is 0 Å². The molecule has 1 unspecified atom stereocenters. The summed E-state index contributed by atoms with van der Waals surface area (Å²) < 4.78 is 1.56. The average molecular weight is 280 g/mol. The quantitative estimate of drug-likeness (QED) is 0.740. The largest absolute Gasteiger partial charge is 0.481 e. The van der Waals surface area contributed by atoms with Gasteiger partial charge in [-0.3, -0.25) is 14.4 Å². The second-order valence-electron chi connectivity index (χ2n) is 4.81. The summed E-state index contributed by atoms with van der Waals surface area (Å²) in [7, 11) is 1.67. The maximum atomic E-state index is 12.0. The zero-order chi connectivity index (χ0) is 15.3. The molecule has 6 heteroatoms. The van der Waals surface area contributed by atoms with Gasteiger partial charge in [0, 0.05) is 25.4 Å². The Kier molecular flexibility index (Phi) is 5.49. The molecule has 0 spiro atoms. The molecule has 0 bridgehead atoms. The van der Waals surface area contributed by atoms with Crippen molar-refractivity contribution in [3.05, 3.63) is 23.5 Å². The molecule has 20 heavy (non-hydrogen) atoms. The fourth-order valence-electron chi connectivity index (χ4n) is 1.95. The van der Waals surface area contributed by atoms with E-state index in [1.165, 1.54) is 13.0 Å². The van der Waals surface area contributed by atoms with Gasteiger partial charge in [-0.15, -0.1) is 0 Å². The molecule has 1 heterocycles. The molecule has 0 aliphatic heterocycles. The number of Topliss-reactive ketones (excluding diaryl/α,β-unsaturated/α-hetero) is 1. The van der Waals surface area contributed by atoms with Crippen molar-refractivity contribution >= 4 is 17.7 Å². The summed E-state index contributed by atoms with van der Waals surface area (Å²) in [5.41, 5.74) is 0.803. The molecule has 1 aromatic rings. The fourth-order valence-corrected chi connectivity index (χ4v) is 1.95. The number of aromatic nitrogens is 1. The Morgan fingerprint density at radius 3 is 2.50 bits per heavy atom. The molecule has 1 rings (SSSR count). The highest BCUT2D eigenvalue weighted by Gasteiger charge is 2.19. The number of nitrogens with zero attached hydrogens (tertiary/aromatic N) is 1. The third-order valence-electron chi connectivity index (χ3n) is 3.14. The van der Waals surface area contributed by atoms with Gasteiger partial charge in [0.2, 0.25) is 0 Å². The molecule has 0 aliphatic carbocycles. The topological polar surface area (TPSA) is 88.4 Å². The number of carboxylic acids is 1. The fraction of sp³-hybridized carbons (Fsp3) is 0.500. The second-order valence-corrected chi connectivity index (χ2v) is 4.81. The summed E-state index contributed by atoms with van der Waals surface area (Å²) >= 11 is 0. The van der Waals surface area contributed by atoms with Crippen LogP contribution in [0.5, 0.6) is 0 Å². The molecule has 0 saturated carbocycles. The van der Waals surface area contributed by atoms with Crippen molar-refractivity contribution in [2.45, 2.75) is 26.7 Å². The van der Waals surface area contributed by atoms with Gasteiger partial charge in [0.15, 0.2) is 5.78 Å². The van der Waals surface area contributed by atoms with Gasteiger partial charge in [-0.25, -0.2) is 0 Å². The smallest absolute Gasteiger partial charge is 0.308 e. The molecule has 0 radical (unpaired) electrons. The molecule has 0 aromatic carbocycles. The Balaban J connectivity index is 2.71. The molecule has 0 saturated heterocycles. The lowest BCUT2D eigenvalue weighted by Crippen LogP contribution is -2.33. The highest BCUT2D eigenvalue weighted by molar-refractivity contribution is 5.99. The maximum Gasteiger partial charge on any atom is 0.308 e. The Bertz CT molecular complexity index is 519. The zero-order valence-electron chi connectivity index (χ0n) is 12.0. The minimum absolute atomic E-state index is 0.0859. The van der Waals surface area contributed by atoms with E-state index in [0.717, 1.165) is 6.42 Å². The SMILES string of the molecule is CCCC(CNC(=O)c1cc(C(C)=O)cn1C)C(=O)O. The first kappa shape index (κ1) is 15.9. The lowest BCUT2D eigenvalue weighted by molar-refractivity contribution is -0.141. The summed E-state index contributed by atoms with van der Waals surface area (Å²) in [5, 5.41) is 11.6. The molecular weight excluding hydrogens is 260 g/mol. The zero-order valence-corrected chi connectivity index (χ0v) is 12.0. The van der Waals surface area contributed by atoms with E-state index in [9.17, 15) is 14.4 Å². The van der Waals surface area contributed by atoms with Gasteiger partial charge in [-0.1, -0.05) is 13.3 Å². The number of carbonyl (C=O) groups excluding carboxylic acids is 2. The standard InChI is InChI=1S/C14H20N2O4/c1-4-5-10(14(19)20)7-15-13(18)12-6-11(9(2)17)8-16(12)3/h6,8,10H,4-5,7H2,1-3H3,(H,15,18)(H,19,20). The van der Waals surface area contributed by atoms with Gasteiger partial charge < -0.3 is 15.0 Å². The summed E-state index contributed by atoms with van der Waals surface area (Å²) in [4.78, 5) is 34.2. The summed E-state index contributed by atoms with van der Waals surface area (Å²) in [5.74, 6) is -1.99. The molecule has 1 atom stereocenters. The van der Waals surface area contributed by atoms with Crippen LogP contribution in [0, 0.1) is 5.92 Å². The van der Waals surface area contributed by atoms with Gasteiger partial charge in [-0.2, -0.15) is 0 Å². The molecule has 1 amide bonds. The van der Waals surface area contributed by atoms with Crippen molar-refractivity contribution in [3.8, 4) is 0 Å². The Hall–Kier alpha value is -2.11. The highest BCUT2D eigenvalue weighted by Crippen LogP contribution is 2.09. The summed E-state index contributed by atoms with van der Waals surface area (Å²) in [6.45, 7) is 3.41. The van der Waals surface area contributed by atoms with Gasteiger partial charge in [0.25, 0.3) is 5.91 Å². The molecule has 0 aliphatic rings. The average Bonchev–Trinajstić information content (AvgIpc) is 2.76. The maximum absolute atomic E-state index is 12.0. The number of carboxylic acid groups (broad SMARTS) is 1. The Morgan fingerprint density at radius 2 is 2.05 bits per heavy atom. The summed E-state index contributed by atoms with van der Waals surface area (Å²) in [6.07, 6.45) is 2.84. The van der Waals surface area contributed by atoms with Crippen LogP contribution < -0.4 is 5.32 Å². The first-order valence-electron chi connectivity index (χ1n) is 6.55. The van der Waals surface area contributed by atoms with Crippen LogP contribution in [-0.4, -0.2) is 33.9 Å². The van der Waals surface area contributed by atoms with E-state index in [1.807, 2.05) is 6.92 Å². The lowest BCUT2D eigenvalue weighted by atomic mass is 10.0. The van der Waals surface area contributed by atoms with E-state index in [-0.39, 0.29) is 18.2 Å². The van der Waals surface area contributed by atoms with Gasteiger partial charge >= 0.3 is 5.97 Å². The number of ketones is 1. The van der Waals surface area contributed by atoms with E-state index in [1.54, 1.807) is 17.8 Å². The van der Waals surface area contributed by atoms with Crippen LogP contribution in [0.4, 0.5) is 0 Å². The van der Waals surface area contributed by atoms with Crippen LogP contribution in [0.3, 0.4) is 0 Å². The Labute approximate surface area is 117 Å². The van der Waals surface area contributed by atoms with Crippen LogP contribution in [0.2, 0.25) is 0 Å². The van der Waals surface area contributed by atoms with Crippen LogP contribution in [0.15, 0.2) is 12.3 Å². The first-order chi connectivity index (χ1) is 9.36. The number of rotatable bonds is 7. The Morgan fingerprint density at radius 1 is 1.40 bits per heavy atom. The van der Waals surface area contributed by atoms with Crippen molar-refractivity contribution in [1.29, 1.82) is 0 Å². The normalized spacial score (nSPS) is 11.9. The number of aryl methyl sites for hydroxylation is 1. The number of amides is 1. The number of aliphatic carboxylic acids is 1.